The Bertz CT molecular complexity index is 920. The first kappa shape index (κ1) is 15.6. The molecule has 0 bridgehead atoms. The molecule has 126 valence electrons. The number of hydrogen-bond donors (Lipinski definition) is 0. The molecule has 5 nitrogen and oxygen atoms in total. The van der Waals surface area contributed by atoms with E-state index in [-0.39, 0.29) is 11.8 Å². The Balaban J connectivity index is 1.60. The standard InChI is InChI=1S/C20H19N3O2/c1-25-17-7-3-2-6-16(17)15-9-12-23(13-15)20(24)19-18-14(8-11-22-19)5-4-10-21-18/h2-8,10-11,15H,9,12-13H2,1H3. The van der Waals surface area contributed by atoms with E-state index >= 15 is 0 Å². The number of rotatable bonds is 3. The van der Waals surface area contributed by atoms with Crippen LogP contribution in [-0.4, -0.2) is 41.0 Å². The number of hydrogen-bond acceptors (Lipinski definition) is 4. The van der Waals surface area contributed by atoms with Crippen molar-refractivity contribution in [3.63, 3.8) is 0 Å². The molecule has 4 rings (SSSR count). The average molecular weight is 333 g/mol. The highest BCUT2D eigenvalue weighted by Gasteiger charge is 2.30. The quantitative estimate of drug-likeness (QED) is 0.738. The first-order chi connectivity index (χ1) is 12.3. The fourth-order valence-electron chi connectivity index (χ4n) is 3.51. The highest BCUT2D eigenvalue weighted by molar-refractivity contribution is 6.03. The summed E-state index contributed by atoms with van der Waals surface area (Å²) in [5.74, 6) is 1.11. The summed E-state index contributed by atoms with van der Waals surface area (Å²) in [5, 5.41) is 0.932. The van der Waals surface area contributed by atoms with Gasteiger partial charge < -0.3 is 9.64 Å². The normalized spacial score (nSPS) is 17.0. The molecule has 1 saturated heterocycles. The van der Waals surface area contributed by atoms with Crippen LogP contribution in [0, 0.1) is 0 Å². The second-order valence-electron chi connectivity index (χ2n) is 6.21. The van der Waals surface area contributed by atoms with Crippen LogP contribution in [0.5, 0.6) is 5.75 Å². The fraction of sp³-hybridized carbons (Fsp3) is 0.250. The minimum atomic E-state index is -0.0540. The zero-order valence-corrected chi connectivity index (χ0v) is 14.1. The Morgan fingerprint density at radius 2 is 2.00 bits per heavy atom. The van der Waals surface area contributed by atoms with Gasteiger partial charge in [-0.1, -0.05) is 24.3 Å². The molecule has 0 saturated carbocycles. The highest BCUT2D eigenvalue weighted by atomic mass is 16.5. The number of carbonyl (C=O) groups excluding carboxylic acids is 1. The summed E-state index contributed by atoms with van der Waals surface area (Å²) in [6.45, 7) is 1.39. The highest BCUT2D eigenvalue weighted by Crippen LogP contribution is 2.34. The van der Waals surface area contributed by atoms with E-state index in [0.29, 0.717) is 24.3 Å². The molecule has 0 spiro atoms. The number of pyridine rings is 2. The molecule has 1 unspecified atom stereocenters. The lowest BCUT2D eigenvalue weighted by molar-refractivity contribution is 0.0787. The minimum absolute atomic E-state index is 0.0540. The number of amides is 1. The monoisotopic (exact) mass is 333 g/mol. The predicted octanol–water partition coefficient (Wildman–Crippen LogP) is 3.27. The van der Waals surface area contributed by atoms with Crippen LogP contribution >= 0.6 is 0 Å². The molecular weight excluding hydrogens is 314 g/mol. The Hall–Kier alpha value is -2.95. The topological polar surface area (TPSA) is 55.3 Å². The number of ether oxygens (including phenoxy) is 1. The number of benzene rings is 1. The molecule has 1 atom stereocenters. The fourth-order valence-corrected chi connectivity index (χ4v) is 3.51. The third kappa shape index (κ3) is 2.82. The summed E-state index contributed by atoms with van der Waals surface area (Å²) < 4.78 is 5.47. The molecule has 1 aromatic carbocycles. The van der Waals surface area contributed by atoms with Crippen molar-refractivity contribution in [1.82, 2.24) is 14.9 Å². The number of nitrogens with zero attached hydrogens (tertiary/aromatic N) is 3. The minimum Gasteiger partial charge on any atom is -0.496 e. The molecule has 1 amide bonds. The molecule has 1 aliphatic heterocycles. The molecule has 1 fully saturated rings. The SMILES string of the molecule is COc1ccccc1C1CCN(C(=O)c2nccc3cccnc23)C1. The van der Waals surface area contributed by atoms with Crippen LogP contribution in [0.25, 0.3) is 10.9 Å². The van der Waals surface area contributed by atoms with Gasteiger partial charge in [-0.3, -0.25) is 9.78 Å². The second-order valence-corrected chi connectivity index (χ2v) is 6.21. The summed E-state index contributed by atoms with van der Waals surface area (Å²) in [5.41, 5.74) is 2.25. The van der Waals surface area contributed by atoms with Crippen LogP contribution in [0.2, 0.25) is 0 Å². The van der Waals surface area contributed by atoms with Crippen LogP contribution < -0.4 is 4.74 Å². The summed E-state index contributed by atoms with van der Waals surface area (Å²) in [6.07, 6.45) is 4.29. The van der Waals surface area contributed by atoms with Gasteiger partial charge in [-0.25, -0.2) is 4.98 Å². The van der Waals surface area contributed by atoms with Gasteiger partial charge in [0.05, 0.1) is 7.11 Å². The molecule has 3 heterocycles. The predicted molar refractivity (Wildman–Crippen MR) is 95.8 cm³/mol. The zero-order valence-electron chi connectivity index (χ0n) is 14.1. The number of aromatic nitrogens is 2. The van der Waals surface area contributed by atoms with Gasteiger partial charge in [-0.15, -0.1) is 0 Å². The van der Waals surface area contributed by atoms with E-state index in [1.54, 1.807) is 19.5 Å². The Labute approximate surface area is 146 Å². The van der Waals surface area contributed by atoms with Gasteiger partial charge in [0.15, 0.2) is 5.69 Å². The van der Waals surface area contributed by atoms with Crippen LogP contribution in [0.1, 0.15) is 28.4 Å². The van der Waals surface area contributed by atoms with Crippen LogP contribution in [0.4, 0.5) is 0 Å². The summed E-state index contributed by atoms with van der Waals surface area (Å²) in [4.78, 5) is 23.5. The Morgan fingerprint density at radius 1 is 1.12 bits per heavy atom. The van der Waals surface area contributed by atoms with Crippen molar-refractivity contribution < 1.29 is 9.53 Å². The van der Waals surface area contributed by atoms with Crippen LogP contribution in [0.3, 0.4) is 0 Å². The lowest BCUT2D eigenvalue weighted by Crippen LogP contribution is -2.29. The van der Waals surface area contributed by atoms with Crippen LogP contribution in [-0.2, 0) is 0 Å². The number of carbonyl (C=O) groups is 1. The zero-order chi connectivity index (χ0) is 17.2. The lowest BCUT2D eigenvalue weighted by Gasteiger charge is -2.18. The van der Waals surface area contributed by atoms with Crippen molar-refractivity contribution in [1.29, 1.82) is 0 Å². The third-order valence-electron chi connectivity index (χ3n) is 4.78. The van der Waals surface area contributed by atoms with E-state index in [1.165, 1.54) is 0 Å². The first-order valence-corrected chi connectivity index (χ1v) is 8.40. The molecule has 5 heteroatoms. The van der Waals surface area contributed by atoms with E-state index < -0.39 is 0 Å². The molecule has 3 aromatic rings. The molecule has 0 aliphatic carbocycles. The largest absolute Gasteiger partial charge is 0.496 e. The lowest BCUT2D eigenvalue weighted by atomic mass is 9.97. The Kier molecular flexibility index (Phi) is 4.06. The van der Waals surface area contributed by atoms with Crippen molar-refractivity contribution >= 4 is 16.8 Å². The van der Waals surface area contributed by atoms with Crippen molar-refractivity contribution in [2.75, 3.05) is 20.2 Å². The van der Waals surface area contributed by atoms with Crippen molar-refractivity contribution in [3.8, 4) is 5.75 Å². The first-order valence-electron chi connectivity index (χ1n) is 8.40. The van der Waals surface area contributed by atoms with Crippen molar-refractivity contribution in [3.05, 3.63) is 66.1 Å². The third-order valence-corrected chi connectivity index (χ3v) is 4.78. The van der Waals surface area contributed by atoms with E-state index in [9.17, 15) is 4.79 Å². The number of para-hydroxylation sites is 1. The van der Waals surface area contributed by atoms with Crippen LogP contribution in [0.15, 0.2) is 54.9 Å². The molecule has 0 radical (unpaired) electrons. The van der Waals surface area contributed by atoms with Gasteiger partial charge in [-0.2, -0.15) is 0 Å². The van der Waals surface area contributed by atoms with Gasteiger partial charge >= 0.3 is 0 Å². The molecule has 0 N–H and O–H groups in total. The van der Waals surface area contributed by atoms with Gasteiger partial charge in [-0.05, 0) is 30.2 Å². The van der Waals surface area contributed by atoms with Crippen molar-refractivity contribution in [2.45, 2.75) is 12.3 Å². The van der Waals surface area contributed by atoms with Gasteiger partial charge in [0, 0.05) is 36.8 Å². The molecular formula is C20H19N3O2. The van der Waals surface area contributed by atoms with E-state index in [0.717, 1.165) is 23.1 Å². The molecule has 2 aromatic heterocycles. The van der Waals surface area contributed by atoms with Gasteiger partial charge in [0.2, 0.25) is 0 Å². The van der Waals surface area contributed by atoms with E-state index in [4.69, 9.17) is 4.74 Å². The molecule has 25 heavy (non-hydrogen) atoms. The number of likely N-dealkylation sites (tertiary alicyclic amines) is 1. The van der Waals surface area contributed by atoms with E-state index in [1.807, 2.05) is 41.3 Å². The Morgan fingerprint density at radius 3 is 2.88 bits per heavy atom. The summed E-state index contributed by atoms with van der Waals surface area (Å²) in [6, 6.07) is 13.7. The smallest absolute Gasteiger partial charge is 0.274 e. The van der Waals surface area contributed by atoms with Crippen molar-refractivity contribution in [2.24, 2.45) is 0 Å². The number of fused-ring (bicyclic) bond motifs is 1. The number of methoxy groups -OCH3 is 1. The maximum Gasteiger partial charge on any atom is 0.274 e. The second kappa shape index (κ2) is 6.51. The van der Waals surface area contributed by atoms with Gasteiger partial charge in [0.1, 0.15) is 11.3 Å². The van der Waals surface area contributed by atoms with Gasteiger partial charge in [0.25, 0.3) is 5.91 Å². The van der Waals surface area contributed by atoms with E-state index in [2.05, 4.69) is 16.0 Å². The summed E-state index contributed by atoms with van der Waals surface area (Å²) >= 11 is 0. The average Bonchev–Trinajstić information content (AvgIpc) is 3.17. The maximum atomic E-state index is 13.0. The molecule has 1 aliphatic rings. The maximum absolute atomic E-state index is 13.0. The summed E-state index contributed by atoms with van der Waals surface area (Å²) in [7, 11) is 1.68.